The Hall–Kier alpha value is -8.40. The molecule has 0 fully saturated rings. The van der Waals surface area contributed by atoms with Gasteiger partial charge in [0.2, 0.25) is 0 Å². The monoisotopic (exact) mass is 804 g/mol. The zero-order valence-corrected chi connectivity index (χ0v) is 34.4. The van der Waals surface area contributed by atoms with Crippen molar-refractivity contribution in [3.63, 3.8) is 0 Å². The molecular formula is C60H40N2O. The van der Waals surface area contributed by atoms with E-state index in [1.54, 1.807) is 0 Å². The first-order valence-electron chi connectivity index (χ1n) is 21.5. The number of hydrogen-bond acceptors (Lipinski definition) is 2. The first kappa shape index (κ1) is 36.5. The van der Waals surface area contributed by atoms with Crippen molar-refractivity contribution in [3.8, 4) is 50.2 Å². The second-order valence-corrected chi connectivity index (χ2v) is 16.1. The van der Waals surface area contributed by atoms with E-state index in [1.165, 1.54) is 44.1 Å². The summed E-state index contributed by atoms with van der Waals surface area (Å²) in [7, 11) is 0. The third-order valence-electron chi connectivity index (χ3n) is 12.4. The lowest BCUT2D eigenvalue weighted by molar-refractivity contribution is 0.670. The van der Waals surface area contributed by atoms with Gasteiger partial charge in [0.1, 0.15) is 11.2 Å². The molecule has 10 aromatic carbocycles. The zero-order chi connectivity index (χ0) is 41.7. The number of anilines is 3. The fraction of sp³-hybridized carbons (Fsp3) is 0. The maximum Gasteiger partial charge on any atom is 0.143 e. The van der Waals surface area contributed by atoms with Gasteiger partial charge in [-0.2, -0.15) is 0 Å². The maximum absolute atomic E-state index is 6.70. The first-order chi connectivity index (χ1) is 31.2. The van der Waals surface area contributed by atoms with Crippen LogP contribution in [0.1, 0.15) is 0 Å². The van der Waals surface area contributed by atoms with Crippen molar-refractivity contribution >= 4 is 60.8 Å². The summed E-state index contributed by atoms with van der Waals surface area (Å²) < 4.78 is 9.07. The molecule has 2 heterocycles. The molecule has 296 valence electrons. The Kier molecular flexibility index (Phi) is 8.83. The van der Waals surface area contributed by atoms with Crippen LogP contribution in [0.5, 0.6) is 0 Å². The second kappa shape index (κ2) is 15.3. The van der Waals surface area contributed by atoms with Gasteiger partial charge in [0.05, 0.1) is 11.0 Å². The van der Waals surface area contributed by atoms with Gasteiger partial charge in [0.15, 0.2) is 0 Å². The molecule has 12 rings (SSSR count). The van der Waals surface area contributed by atoms with Gasteiger partial charge in [-0.25, -0.2) is 0 Å². The molecule has 0 aliphatic carbocycles. The highest BCUT2D eigenvalue weighted by atomic mass is 16.3. The topological polar surface area (TPSA) is 21.3 Å². The fourth-order valence-electron chi connectivity index (χ4n) is 9.36. The molecule has 0 amide bonds. The van der Waals surface area contributed by atoms with E-state index >= 15 is 0 Å². The van der Waals surface area contributed by atoms with Gasteiger partial charge in [-0.15, -0.1) is 0 Å². The van der Waals surface area contributed by atoms with Gasteiger partial charge in [0.25, 0.3) is 0 Å². The summed E-state index contributed by atoms with van der Waals surface area (Å²) in [6, 6.07) is 87.2. The van der Waals surface area contributed by atoms with Crippen molar-refractivity contribution in [2.75, 3.05) is 4.90 Å². The number of nitrogens with zero attached hydrogens (tertiary/aromatic N) is 2. The number of fused-ring (bicyclic) bond motifs is 6. The highest BCUT2D eigenvalue weighted by Gasteiger charge is 2.20. The highest BCUT2D eigenvalue weighted by Crippen LogP contribution is 2.44. The summed E-state index contributed by atoms with van der Waals surface area (Å²) in [5.41, 5.74) is 17.5. The Morgan fingerprint density at radius 1 is 0.302 bits per heavy atom. The lowest BCUT2D eigenvalue weighted by Crippen LogP contribution is -2.10. The van der Waals surface area contributed by atoms with Gasteiger partial charge in [0, 0.05) is 49.9 Å². The molecule has 0 radical (unpaired) electrons. The minimum atomic E-state index is 0.883. The number of benzene rings is 10. The van der Waals surface area contributed by atoms with E-state index in [-0.39, 0.29) is 0 Å². The fourth-order valence-corrected chi connectivity index (χ4v) is 9.36. The van der Waals surface area contributed by atoms with E-state index in [4.69, 9.17) is 4.42 Å². The molecule has 0 unspecified atom stereocenters. The average Bonchev–Trinajstić information content (AvgIpc) is 3.91. The van der Waals surface area contributed by atoms with Crippen LogP contribution in [0, 0.1) is 0 Å². The van der Waals surface area contributed by atoms with Crippen molar-refractivity contribution in [3.05, 3.63) is 243 Å². The smallest absolute Gasteiger partial charge is 0.143 e. The Balaban J connectivity index is 1.09. The summed E-state index contributed by atoms with van der Waals surface area (Å²) in [5.74, 6) is 0. The minimum Gasteiger partial charge on any atom is -0.455 e. The molecule has 0 saturated heterocycles. The number of para-hydroxylation sites is 4. The number of aromatic nitrogens is 1. The normalized spacial score (nSPS) is 11.5. The van der Waals surface area contributed by atoms with Crippen molar-refractivity contribution in [1.29, 1.82) is 0 Å². The molecule has 12 aromatic rings. The van der Waals surface area contributed by atoms with E-state index in [0.717, 1.165) is 66.9 Å². The Labute approximate surface area is 366 Å². The van der Waals surface area contributed by atoms with E-state index in [2.05, 4.69) is 246 Å². The van der Waals surface area contributed by atoms with Crippen LogP contribution in [-0.2, 0) is 0 Å². The quantitative estimate of drug-likeness (QED) is 0.153. The van der Waals surface area contributed by atoms with Crippen LogP contribution in [0.25, 0.3) is 93.9 Å². The zero-order valence-electron chi connectivity index (χ0n) is 34.4. The third kappa shape index (κ3) is 6.46. The second-order valence-electron chi connectivity index (χ2n) is 16.1. The summed E-state index contributed by atoms with van der Waals surface area (Å²) >= 11 is 0. The van der Waals surface area contributed by atoms with Crippen LogP contribution in [0.3, 0.4) is 0 Å². The Morgan fingerprint density at radius 2 is 0.825 bits per heavy atom. The summed E-state index contributed by atoms with van der Waals surface area (Å²) in [4.78, 5) is 2.38. The molecule has 0 aliphatic heterocycles. The maximum atomic E-state index is 6.70. The van der Waals surface area contributed by atoms with E-state index in [9.17, 15) is 0 Å². The summed E-state index contributed by atoms with van der Waals surface area (Å²) in [6.45, 7) is 0. The number of rotatable bonds is 8. The van der Waals surface area contributed by atoms with Gasteiger partial charge in [-0.3, -0.25) is 0 Å². The van der Waals surface area contributed by atoms with Crippen molar-refractivity contribution in [2.45, 2.75) is 0 Å². The summed E-state index contributed by atoms with van der Waals surface area (Å²) in [6.07, 6.45) is 0. The van der Waals surface area contributed by atoms with E-state index in [0.29, 0.717) is 0 Å². The molecular weight excluding hydrogens is 765 g/mol. The summed E-state index contributed by atoms with van der Waals surface area (Å²) in [5, 5.41) is 4.66. The molecule has 0 aliphatic rings. The van der Waals surface area contributed by atoms with Gasteiger partial charge < -0.3 is 13.9 Å². The standard InChI is InChI=1S/C60H40N2O/c1-4-15-41(16-5-1)43-27-32-49(33-28-43)61(50-34-29-44(30-35-50)42-17-6-2-7-18-42)51-38-46(37-47(39-51)52-23-14-24-55-54-22-11-13-26-59(54)63-60(52)55)45-31-36-58-56(40-45)53-21-10-12-25-57(53)62(58)48-19-8-3-9-20-48/h1-40H. The Bertz CT molecular complexity index is 3500. The molecule has 3 heteroatoms. The molecule has 2 aromatic heterocycles. The SMILES string of the molecule is c1ccc(-c2ccc(N(c3ccc(-c4ccccc4)cc3)c3cc(-c4ccc5c(c4)c4ccccc4n5-c4ccccc4)cc(-c4cccc5c4oc4ccccc45)c3)cc2)cc1. The van der Waals surface area contributed by atoms with Gasteiger partial charge in [-0.1, -0.05) is 164 Å². The molecule has 0 atom stereocenters. The van der Waals surface area contributed by atoms with Gasteiger partial charge >= 0.3 is 0 Å². The predicted octanol–water partition coefficient (Wildman–Crippen LogP) is 16.8. The van der Waals surface area contributed by atoms with Crippen LogP contribution in [-0.4, -0.2) is 4.57 Å². The third-order valence-corrected chi connectivity index (χ3v) is 12.4. The van der Waals surface area contributed by atoms with Crippen LogP contribution < -0.4 is 4.90 Å². The van der Waals surface area contributed by atoms with E-state index < -0.39 is 0 Å². The van der Waals surface area contributed by atoms with Crippen molar-refractivity contribution < 1.29 is 4.42 Å². The lowest BCUT2D eigenvalue weighted by Gasteiger charge is -2.27. The molecule has 0 bridgehead atoms. The lowest BCUT2D eigenvalue weighted by atomic mass is 9.95. The molecule has 3 nitrogen and oxygen atoms in total. The predicted molar refractivity (Wildman–Crippen MR) is 264 cm³/mol. The molecule has 0 N–H and O–H groups in total. The van der Waals surface area contributed by atoms with E-state index in [1.807, 2.05) is 6.07 Å². The largest absolute Gasteiger partial charge is 0.455 e. The molecule has 0 saturated carbocycles. The number of furan rings is 1. The van der Waals surface area contributed by atoms with Crippen LogP contribution in [0.15, 0.2) is 247 Å². The Morgan fingerprint density at radius 3 is 1.51 bits per heavy atom. The van der Waals surface area contributed by atoms with Crippen LogP contribution in [0.2, 0.25) is 0 Å². The van der Waals surface area contributed by atoms with Crippen LogP contribution >= 0.6 is 0 Å². The van der Waals surface area contributed by atoms with Crippen LogP contribution in [0.4, 0.5) is 17.1 Å². The minimum absolute atomic E-state index is 0.883. The molecule has 63 heavy (non-hydrogen) atoms. The van der Waals surface area contributed by atoms with Crippen molar-refractivity contribution in [2.24, 2.45) is 0 Å². The first-order valence-corrected chi connectivity index (χ1v) is 21.5. The highest BCUT2D eigenvalue weighted by molar-refractivity contribution is 6.12. The average molecular weight is 805 g/mol. The van der Waals surface area contributed by atoms with Gasteiger partial charge in [-0.05, 0) is 118 Å². The molecule has 0 spiro atoms. The number of hydrogen-bond donors (Lipinski definition) is 0. The van der Waals surface area contributed by atoms with Crippen molar-refractivity contribution in [1.82, 2.24) is 4.57 Å².